The van der Waals surface area contributed by atoms with Crippen LogP contribution in [0.25, 0.3) is 22.2 Å². The number of nitrogens with zero attached hydrogens (tertiary/aromatic N) is 3. The third kappa shape index (κ3) is 2.84. The maximum atomic E-state index is 13.3. The summed E-state index contributed by atoms with van der Waals surface area (Å²) in [7, 11) is -3.76. The Bertz CT molecular complexity index is 1330. The molecule has 5 rings (SSSR count). The lowest BCUT2D eigenvalue weighted by Crippen LogP contribution is -2.16. The predicted molar refractivity (Wildman–Crippen MR) is 113 cm³/mol. The summed E-state index contributed by atoms with van der Waals surface area (Å²) >= 11 is 0. The Kier molecular flexibility index (Phi) is 4.02. The predicted octanol–water partition coefficient (Wildman–Crippen LogP) is 3.28. The zero-order chi connectivity index (χ0) is 20.0. The van der Waals surface area contributed by atoms with Gasteiger partial charge in [0.05, 0.1) is 16.1 Å². The van der Waals surface area contributed by atoms with E-state index in [1.165, 1.54) is 3.97 Å². The van der Waals surface area contributed by atoms with Crippen LogP contribution in [0.1, 0.15) is 12.0 Å². The Morgan fingerprint density at radius 2 is 1.76 bits per heavy atom. The summed E-state index contributed by atoms with van der Waals surface area (Å²) in [6.07, 6.45) is 3.40. The molecule has 29 heavy (non-hydrogen) atoms. The molecule has 8 heteroatoms. The summed E-state index contributed by atoms with van der Waals surface area (Å²) < 4.78 is 28.0. The Labute approximate surface area is 168 Å². The molecule has 0 bridgehead atoms. The second kappa shape index (κ2) is 6.59. The highest BCUT2D eigenvalue weighted by Gasteiger charge is 2.25. The topological polar surface area (TPSA) is 103 Å². The molecule has 7 nitrogen and oxygen atoms in total. The minimum Gasteiger partial charge on any atom is -0.370 e. The second-order valence-corrected chi connectivity index (χ2v) is 8.78. The van der Waals surface area contributed by atoms with Gasteiger partial charge in [0, 0.05) is 29.3 Å². The molecule has 3 N–H and O–H groups in total. The molecule has 2 aromatic heterocycles. The number of nitrogens with one attached hydrogen (secondary N) is 1. The minimum atomic E-state index is -3.76. The van der Waals surface area contributed by atoms with Gasteiger partial charge in [-0.15, -0.1) is 0 Å². The van der Waals surface area contributed by atoms with Gasteiger partial charge in [-0.2, -0.15) is 4.98 Å². The van der Waals surface area contributed by atoms with E-state index in [9.17, 15) is 8.42 Å². The van der Waals surface area contributed by atoms with E-state index >= 15 is 0 Å². The summed E-state index contributed by atoms with van der Waals surface area (Å²) in [6, 6.07) is 15.8. The molecule has 1 aliphatic rings. The highest BCUT2D eigenvalue weighted by Crippen LogP contribution is 2.37. The number of anilines is 2. The molecule has 146 valence electrons. The molecule has 2 aromatic carbocycles. The van der Waals surface area contributed by atoms with Gasteiger partial charge in [0.15, 0.2) is 0 Å². The average Bonchev–Trinajstić information content (AvgIpc) is 3.14. The third-order valence-corrected chi connectivity index (χ3v) is 6.84. The molecule has 4 aromatic rings. The number of nitrogens with two attached hydrogens (primary N) is 1. The van der Waals surface area contributed by atoms with Gasteiger partial charge in [0.2, 0.25) is 5.95 Å². The van der Waals surface area contributed by atoms with Crippen LogP contribution in [0.2, 0.25) is 0 Å². The van der Waals surface area contributed by atoms with E-state index in [2.05, 4.69) is 15.3 Å². The highest BCUT2D eigenvalue weighted by atomic mass is 32.2. The molecular formula is C21H19N5O2S. The molecule has 0 saturated heterocycles. The van der Waals surface area contributed by atoms with Crippen LogP contribution in [0.5, 0.6) is 0 Å². The van der Waals surface area contributed by atoms with Crippen LogP contribution in [0.15, 0.2) is 65.7 Å². The quantitative estimate of drug-likeness (QED) is 0.542. The molecule has 1 aliphatic heterocycles. The number of benzene rings is 2. The fourth-order valence-corrected chi connectivity index (χ4v) is 5.21. The normalized spacial score (nSPS) is 13.8. The molecule has 0 atom stereocenters. The third-order valence-electron chi connectivity index (χ3n) is 5.15. The largest absolute Gasteiger partial charge is 0.370 e. The molecule has 0 aliphatic carbocycles. The van der Waals surface area contributed by atoms with Crippen molar-refractivity contribution in [1.82, 2.24) is 13.9 Å². The molecule has 0 spiro atoms. The minimum absolute atomic E-state index is 0.163. The second-order valence-electron chi connectivity index (χ2n) is 6.96. The van der Waals surface area contributed by atoms with E-state index in [4.69, 9.17) is 5.73 Å². The Balaban J connectivity index is 1.80. The van der Waals surface area contributed by atoms with E-state index in [-0.39, 0.29) is 10.8 Å². The van der Waals surface area contributed by atoms with Crippen molar-refractivity contribution in [3.63, 3.8) is 0 Å². The summed E-state index contributed by atoms with van der Waals surface area (Å²) in [5, 5.41) is 4.07. The van der Waals surface area contributed by atoms with Gasteiger partial charge in [-0.3, -0.25) is 0 Å². The fourth-order valence-electron chi connectivity index (χ4n) is 3.82. The van der Waals surface area contributed by atoms with Gasteiger partial charge in [-0.05, 0) is 31.0 Å². The molecule has 0 unspecified atom stereocenters. The lowest BCUT2D eigenvalue weighted by Gasteiger charge is -2.19. The molecule has 0 amide bonds. The zero-order valence-electron chi connectivity index (χ0n) is 15.5. The maximum absolute atomic E-state index is 13.3. The number of rotatable bonds is 3. The van der Waals surface area contributed by atoms with Gasteiger partial charge in [0.1, 0.15) is 5.82 Å². The smallest absolute Gasteiger partial charge is 0.268 e. The average molecular weight is 405 g/mol. The van der Waals surface area contributed by atoms with Crippen molar-refractivity contribution in [2.24, 2.45) is 0 Å². The standard InChI is InChI=1S/C21H19N5O2S/c22-21-24-19(16-10-6-12-23-20(16)25-21)17-13-26(18-11-5-4-9-15(17)18)29(27,28)14-7-2-1-3-8-14/h1-5,7-9,11,13H,6,10,12H2,(H3,22,23,24,25). The van der Waals surface area contributed by atoms with Crippen molar-refractivity contribution in [2.75, 3.05) is 17.6 Å². The van der Waals surface area contributed by atoms with Crippen molar-refractivity contribution < 1.29 is 8.42 Å². The van der Waals surface area contributed by atoms with Gasteiger partial charge in [-0.25, -0.2) is 17.4 Å². The van der Waals surface area contributed by atoms with Crippen molar-refractivity contribution in [3.8, 4) is 11.3 Å². The van der Waals surface area contributed by atoms with Gasteiger partial charge < -0.3 is 11.1 Å². The van der Waals surface area contributed by atoms with Crippen molar-refractivity contribution >= 4 is 32.7 Å². The van der Waals surface area contributed by atoms with Crippen LogP contribution in [0.3, 0.4) is 0 Å². The van der Waals surface area contributed by atoms with Crippen LogP contribution < -0.4 is 11.1 Å². The van der Waals surface area contributed by atoms with Gasteiger partial charge >= 0.3 is 0 Å². The van der Waals surface area contributed by atoms with Gasteiger partial charge in [0.25, 0.3) is 10.0 Å². The number of hydrogen-bond donors (Lipinski definition) is 2. The van der Waals surface area contributed by atoms with Crippen LogP contribution in [-0.4, -0.2) is 28.9 Å². The number of aromatic nitrogens is 3. The fraction of sp³-hybridized carbons (Fsp3) is 0.143. The highest BCUT2D eigenvalue weighted by molar-refractivity contribution is 7.90. The Morgan fingerprint density at radius 1 is 1.00 bits per heavy atom. The first-order valence-corrected chi connectivity index (χ1v) is 10.8. The van der Waals surface area contributed by atoms with E-state index in [1.807, 2.05) is 18.2 Å². The van der Waals surface area contributed by atoms with Crippen LogP contribution >= 0.6 is 0 Å². The van der Waals surface area contributed by atoms with E-state index in [0.717, 1.165) is 41.7 Å². The zero-order valence-corrected chi connectivity index (χ0v) is 16.4. The number of hydrogen-bond acceptors (Lipinski definition) is 6. The van der Waals surface area contributed by atoms with Crippen LogP contribution in [-0.2, 0) is 16.4 Å². The number of para-hydroxylation sites is 1. The molecule has 0 saturated carbocycles. The van der Waals surface area contributed by atoms with Crippen molar-refractivity contribution in [1.29, 1.82) is 0 Å². The summed E-state index contributed by atoms with van der Waals surface area (Å²) in [5.41, 5.74) is 8.93. The lowest BCUT2D eigenvalue weighted by atomic mass is 10.00. The van der Waals surface area contributed by atoms with E-state index in [1.54, 1.807) is 42.6 Å². The number of fused-ring (bicyclic) bond motifs is 2. The summed E-state index contributed by atoms with van der Waals surface area (Å²) in [6.45, 7) is 0.826. The molecule has 3 heterocycles. The SMILES string of the molecule is Nc1nc2c(c(-c3cn(S(=O)(=O)c4ccccc4)c4ccccc34)n1)CCCN2. The monoisotopic (exact) mass is 405 g/mol. The van der Waals surface area contributed by atoms with Crippen molar-refractivity contribution in [2.45, 2.75) is 17.7 Å². The van der Waals surface area contributed by atoms with E-state index < -0.39 is 10.0 Å². The maximum Gasteiger partial charge on any atom is 0.268 e. The molecular weight excluding hydrogens is 386 g/mol. The van der Waals surface area contributed by atoms with Gasteiger partial charge in [-0.1, -0.05) is 36.4 Å². The lowest BCUT2D eigenvalue weighted by molar-refractivity contribution is 0.589. The summed E-state index contributed by atoms with van der Waals surface area (Å²) in [4.78, 5) is 9.04. The van der Waals surface area contributed by atoms with Crippen LogP contribution in [0, 0.1) is 0 Å². The first-order chi connectivity index (χ1) is 14.1. The van der Waals surface area contributed by atoms with Crippen LogP contribution in [0.4, 0.5) is 11.8 Å². The Morgan fingerprint density at radius 3 is 2.59 bits per heavy atom. The first kappa shape index (κ1) is 17.7. The number of nitrogen functional groups attached to an aromatic ring is 1. The van der Waals surface area contributed by atoms with E-state index in [0.29, 0.717) is 11.2 Å². The summed E-state index contributed by atoms with van der Waals surface area (Å²) in [5.74, 6) is 0.886. The Hall–Kier alpha value is -3.39. The first-order valence-electron chi connectivity index (χ1n) is 9.37. The molecule has 0 radical (unpaired) electrons. The van der Waals surface area contributed by atoms with Crippen molar-refractivity contribution in [3.05, 3.63) is 66.4 Å². The molecule has 0 fully saturated rings.